The van der Waals surface area contributed by atoms with Gasteiger partial charge in [0.05, 0.1) is 18.0 Å². The fourth-order valence-electron chi connectivity index (χ4n) is 3.45. The molecule has 13 heteroatoms. The molecule has 1 amide bonds. The molecule has 30 heavy (non-hydrogen) atoms. The quantitative estimate of drug-likeness (QED) is 0.589. The standard InChI is InChI=1S/C17H27N3O6S4/c1-13-11-20(12-14(2)26-13)29(22,23)10-4-18-17(21)16-15(3-7-28-16)30(24,25)19-5-8-27-9-6-19/h3,7,13-14H,4-6,8-12H2,1-2H3,(H,18,21). The van der Waals surface area contributed by atoms with E-state index in [0.717, 1.165) is 22.8 Å². The fourth-order valence-corrected chi connectivity index (χ4v) is 8.84. The Labute approximate surface area is 186 Å². The molecule has 0 aromatic carbocycles. The summed E-state index contributed by atoms with van der Waals surface area (Å²) in [5.41, 5.74) is 0. The normalized spacial score (nSPS) is 24.6. The molecular formula is C17H27N3O6S4. The van der Waals surface area contributed by atoms with Crippen LogP contribution in [0, 0.1) is 0 Å². The highest BCUT2D eigenvalue weighted by molar-refractivity contribution is 7.99. The number of sulfonamides is 2. The van der Waals surface area contributed by atoms with Crippen molar-refractivity contribution in [2.75, 3.05) is 50.0 Å². The molecule has 2 unspecified atom stereocenters. The number of carbonyl (C=O) groups excluding carboxylic acids is 1. The van der Waals surface area contributed by atoms with Gasteiger partial charge in [0.25, 0.3) is 5.91 Å². The third kappa shape index (κ3) is 5.56. The molecule has 1 aromatic rings. The second-order valence-corrected chi connectivity index (χ2v) is 13.4. The summed E-state index contributed by atoms with van der Waals surface area (Å²) in [4.78, 5) is 12.7. The minimum Gasteiger partial charge on any atom is -0.373 e. The molecule has 3 rings (SSSR count). The van der Waals surface area contributed by atoms with Crippen LogP contribution in [0.3, 0.4) is 0 Å². The second-order valence-electron chi connectivity index (χ2n) is 7.28. The van der Waals surface area contributed by atoms with Crippen molar-refractivity contribution in [2.24, 2.45) is 0 Å². The Morgan fingerprint density at radius 2 is 1.77 bits per heavy atom. The van der Waals surface area contributed by atoms with Gasteiger partial charge in [-0.3, -0.25) is 4.79 Å². The Balaban J connectivity index is 1.62. The molecule has 2 aliphatic heterocycles. The van der Waals surface area contributed by atoms with Crippen molar-refractivity contribution in [2.45, 2.75) is 31.0 Å². The predicted octanol–water partition coefficient (Wildman–Crippen LogP) is 0.654. The first-order valence-corrected chi connectivity index (χ1v) is 14.8. The van der Waals surface area contributed by atoms with Gasteiger partial charge in [-0.05, 0) is 25.3 Å². The van der Waals surface area contributed by atoms with Gasteiger partial charge in [-0.1, -0.05) is 0 Å². The summed E-state index contributed by atoms with van der Waals surface area (Å²) in [6, 6.07) is 1.43. The summed E-state index contributed by atoms with van der Waals surface area (Å²) in [7, 11) is -7.30. The average molecular weight is 498 g/mol. The van der Waals surface area contributed by atoms with E-state index >= 15 is 0 Å². The van der Waals surface area contributed by atoms with Crippen molar-refractivity contribution < 1.29 is 26.4 Å². The number of ether oxygens (including phenoxy) is 1. The number of thioether (sulfide) groups is 1. The monoisotopic (exact) mass is 497 g/mol. The lowest BCUT2D eigenvalue weighted by atomic mass is 10.3. The Morgan fingerprint density at radius 1 is 1.13 bits per heavy atom. The number of nitrogens with zero attached hydrogens (tertiary/aromatic N) is 2. The third-order valence-corrected chi connectivity index (χ3v) is 10.6. The van der Waals surface area contributed by atoms with Crippen LogP contribution >= 0.6 is 23.1 Å². The van der Waals surface area contributed by atoms with Gasteiger partial charge in [0.1, 0.15) is 9.77 Å². The van der Waals surface area contributed by atoms with Crippen molar-refractivity contribution in [1.29, 1.82) is 0 Å². The van der Waals surface area contributed by atoms with Crippen molar-refractivity contribution >= 4 is 49.1 Å². The van der Waals surface area contributed by atoms with E-state index in [4.69, 9.17) is 4.74 Å². The topological polar surface area (TPSA) is 113 Å². The van der Waals surface area contributed by atoms with E-state index < -0.39 is 26.0 Å². The van der Waals surface area contributed by atoms with Crippen LogP contribution in [0.15, 0.2) is 16.3 Å². The summed E-state index contributed by atoms with van der Waals surface area (Å²) in [6.45, 7) is 4.93. The van der Waals surface area contributed by atoms with Crippen molar-refractivity contribution in [3.05, 3.63) is 16.3 Å². The minimum atomic E-state index is -3.75. The molecule has 0 bridgehead atoms. The highest BCUT2D eigenvalue weighted by Gasteiger charge is 2.32. The summed E-state index contributed by atoms with van der Waals surface area (Å²) < 4.78 is 59.3. The van der Waals surface area contributed by atoms with Crippen LogP contribution in [0.2, 0.25) is 0 Å². The van der Waals surface area contributed by atoms with Crippen molar-refractivity contribution in [3.8, 4) is 0 Å². The van der Waals surface area contributed by atoms with E-state index in [0.29, 0.717) is 13.1 Å². The van der Waals surface area contributed by atoms with E-state index in [-0.39, 0.29) is 47.4 Å². The van der Waals surface area contributed by atoms with Gasteiger partial charge < -0.3 is 10.1 Å². The zero-order chi connectivity index (χ0) is 21.9. The summed E-state index contributed by atoms with van der Waals surface area (Å²) >= 11 is 2.73. The van der Waals surface area contributed by atoms with Gasteiger partial charge in [-0.2, -0.15) is 20.4 Å². The maximum Gasteiger partial charge on any atom is 0.262 e. The maximum absolute atomic E-state index is 12.9. The highest BCUT2D eigenvalue weighted by atomic mass is 32.2. The molecular weight excluding hydrogens is 470 g/mol. The van der Waals surface area contributed by atoms with Gasteiger partial charge in [0, 0.05) is 44.2 Å². The lowest BCUT2D eigenvalue weighted by molar-refractivity contribution is -0.0440. The van der Waals surface area contributed by atoms with Gasteiger partial charge in [0.15, 0.2) is 0 Å². The number of hydrogen-bond donors (Lipinski definition) is 1. The van der Waals surface area contributed by atoms with Crippen LogP contribution < -0.4 is 5.32 Å². The Morgan fingerprint density at radius 3 is 2.40 bits per heavy atom. The molecule has 3 heterocycles. The van der Waals surface area contributed by atoms with Crippen LogP contribution in [0.25, 0.3) is 0 Å². The molecule has 0 spiro atoms. The summed E-state index contributed by atoms with van der Waals surface area (Å²) in [5, 5.41) is 4.13. The highest BCUT2D eigenvalue weighted by Crippen LogP contribution is 2.27. The molecule has 1 N–H and O–H groups in total. The molecule has 0 radical (unpaired) electrons. The maximum atomic E-state index is 12.9. The number of thiophene rings is 1. The summed E-state index contributed by atoms with van der Waals surface area (Å²) in [5.74, 6) is 0.617. The van der Waals surface area contributed by atoms with Crippen LogP contribution in [0.1, 0.15) is 23.5 Å². The van der Waals surface area contributed by atoms with E-state index in [1.165, 1.54) is 14.7 Å². The van der Waals surface area contributed by atoms with E-state index in [1.54, 1.807) is 17.1 Å². The van der Waals surface area contributed by atoms with Gasteiger partial charge >= 0.3 is 0 Å². The molecule has 2 atom stereocenters. The number of morpholine rings is 1. The summed E-state index contributed by atoms with van der Waals surface area (Å²) in [6.07, 6.45) is -0.379. The molecule has 2 fully saturated rings. The van der Waals surface area contributed by atoms with Crippen molar-refractivity contribution in [3.63, 3.8) is 0 Å². The molecule has 2 aliphatic rings. The van der Waals surface area contributed by atoms with Gasteiger partial charge in [0.2, 0.25) is 20.0 Å². The van der Waals surface area contributed by atoms with E-state index in [1.807, 2.05) is 13.8 Å². The van der Waals surface area contributed by atoms with E-state index in [2.05, 4.69) is 5.32 Å². The zero-order valence-electron chi connectivity index (χ0n) is 16.9. The molecule has 9 nitrogen and oxygen atoms in total. The number of amides is 1. The second kappa shape index (κ2) is 9.84. The van der Waals surface area contributed by atoms with E-state index in [9.17, 15) is 21.6 Å². The SMILES string of the molecule is CC1CN(S(=O)(=O)CCNC(=O)c2sccc2S(=O)(=O)N2CCSCC2)CC(C)O1. The zero-order valence-corrected chi connectivity index (χ0v) is 20.2. The largest absolute Gasteiger partial charge is 0.373 e. The Bertz CT molecular complexity index is 946. The van der Waals surface area contributed by atoms with Crippen LogP contribution in [0.5, 0.6) is 0 Å². The first-order chi connectivity index (χ1) is 14.1. The predicted molar refractivity (Wildman–Crippen MR) is 118 cm³/mol. The molecule has 170 valence electrons. The number of hydrogen-bond acceptors (Lipinski definition) is 8. The number of carbonyl (C=O) groups is 1. The fraction of sp³-hybridized carbons (Fsp3) is 0.706. The van der Waals surface area contributed by atoms with Crippen LogP contribution in [-0.2, 0) is 24.8 Å². The average Bonchev–Trinajstić information content (AvgIpc) is 3.18. The molecule has 2 saturated heterocycles. The van der Waals surface area contributed by atoms with Crippen LogP contribution in [0.4, 0.5) is 0 Å². The number of nitrogens with one attached hydrogen (secondary N) is 1. The van der Waals surface area contributed by atoms with Crippen molar-refractivity contribution in [1.82, 2.24) is 13.9 Å². The van der Waals surface area contributed by atoms with Gasteiger partial charge in [-0.25, -0.2) is 16.8 Å². The first-order valence-electron chi connectivity index (χ1n) is 9.68. The lowest BCUT2D eigenvalue weighted by Crippen LogP contribution is -2.49. The minimum absolute atomic E-state index is 0.0180. The van der Waals surface area contributed by atoms with Gasteiger partial charge in [-0.15, -0.1) is 11.3 Å². The molecule has 1 aromatic heterocycles. The Kier molecular flexibility index (Phi) is 7.86. The van der Waals surface area contributed by atoms with Crippen LogP contribution in [-0.4, -0.2) is 93.5 Å². The number of rotatable bonds is 7. The lowest BCUT2D eigenvalue weighted by Gasteiger charge is -2.34. The molecule has 0 aliphatic carbocycles. The first kappa shape index (κ1) is 24.0. The Hall–Kier alpha value is -0.700. The third-order valence-electron chi connectivity index (χ3n) is 4.85. The molecule has 0 saturated carbocycles. The smallest absolute Gasteiger partial charge is 0.262 e.